The number of nitrogens with zero attached hydrogens (tertiary/aromatic N) is 2. The predicted octanol–water partition coefficient (Wildman–Crippen LogP) is 2.25. The van der Waals surface area contributed by atoms with Crippen LogP contribution in [-0.2, 0) is 4.74 Å². The lowest BCUT2D eigenvalue weighted by molar-refractivity contribution is 0.0447. The zero-order chi connectivity index (χ0) is 15.8. The number of halogens is 1. The second-order valence-electron chi connectivity index (χ2n) is 5.69. The van der Waals surface area contributed by atoms with Crippen LogP contribution < -0.4 is 4.74 Å². The van der Waals surface area contributed by atoms with E-state index in [4.69, 9.17) is 9.47 Å². The van der Waals surface area contributed by atoms with Gasteiger partial charge < -0.3 is 9.47 Å². The summed E-state index contributed by atoms with van der Waals surface area (Å²) in [7, 11) is 0. The van der Waals surface area contributed by atoms with Crippen LogP contribution in [0.2, 0.25) is 0 Å². The zero-order valence-corrected chi connectivity index (χ0v) is 13.6. The van der Waals surface area contributed by atoms with E-state index in [0.29, 0.717) is 18.4 Å². The molecule has 5 heteroatoms. The Morgan fingerprint density at radius 3 is 2.82 bits per heavy atom. The van der Waals surface area contributed by atoms with Gasteiger partial charge >= 0.3 is 0 Å². The molecule has 0 amide bonds. The first-order valence-electron chi connectivity index (χ1n) is 8.11. The van der Waals surface area contributed by atoms with E-state index >= 15 is 0 Å². The van der Waals surface area contributed by atoms with E-state index in [2.05, 4.69) is 16.7 Å². The molecule has 22 heavy (non-hydrogen) atoms. The molecule has 0 bridgehead atoms. The van der Waals surface area contributed by atoms with Crippen LogP contribution in [0.3, 0.4) is 0 Å². The summed E-state index contributed by atoms with van der Waals surface area (Å²) in [5.74, 6) is 0.345. The highest BCUT2D eigenvalue weighted by Crippen LogP contribution is 2.13. The summed E-state index contributed by atoms with van der Waals surface area (Å²) in [6, 6.07) is 6.84. The van der Waals surface area contributed by atoms with Crippen molar-refractivity contribution in [1.82, 2.24) is 9.80 Å². The van der Waals surface area contributed by atoms with E-state index in [1.54, 1.807) is 12.1 Å². The predicted molar refractivity (Wildman–Crippen MR) is 85.9 cm³/mol. The lowest BCUT2D eigenvalue weighted by Crippen LogP contribution is -2.53. The molecule has 1 aliphatic heterocycles. The minimum absolute atomic E-state index is 0.256. The summed E-state index contributed by atoms with van der Waals surface area (Å²) in [6.45, 7) is 11.5. The quantitative estimate of drug-likeness (QED) is 0.688. The molecule has 2 rings (SSSR count). The third-order valence-electron chi connectivity index (χ3n) is 4.05. The lowest BCUT2D eigenvalue weighted by Gasteiger charge is -2.39. The molecule has 1 aromatic carbocycles. The topological polar surface area (TPSA) is 24.9 Å². The average molecular weight is 310 g/mol. The van der Waals surface area contributed by atoms with Crippen molar-refractivity contribution in [2.24, 2.45) is 0 Å². The molecule has 0 saturated carbocycles. The molecule has 124 valence electrons. The molecule has 0 spiro atoms. The summed E-state index contributed by atoms with van der Waals surface area (Å²) >= 11 is 0. The SMILES string of the molecule is CCOCCN1CCN(CCOc2cccc(F)c2)C[C@H]1C. The Balaban J connectivity index is 1.66. The van der Waals surface area contributed by atoms with Crippen molar-refractivity contribution in [1.29, 1.82) is 0 Å². The van der Waals surface area contributed by atoms with Gasteiger partial charge in [-0.15, -0.1) is 0 Å². The second kappa shape index (κ2) is 9.08. The Morgan fingerprint density at radius 1 is 1.23 bits per heavy atom. The Kier molecular flexibility index (Phi) is 7.09. The Bertz CT molecular complexity index is 444. The molecule has 1 aromatic rings. The molecule has 1 fully saturated rings. The van der Waals surface area contributed by atoms with Gasteiger partial charge in [-0.1, -0.05) is 6.07 Å². The van der Waals surface area contributed by atoms with Crippen LogP contribution in [-0.4, -0.2) is 68.4 Å². The van der Waals surface area contributed by atoms with E-state index in [-0.39, 0.29) is 5.82 Å². The maximum Gasteiger partial charge on any atom is 0.126 e. The summed E-state index contributed by atoms with van der Waals surface area (Å²) in [6.07, 6.45) is 0. The third-order valence-corrected chi connectivity index (χ3v) is 4.05. The third kappa shape index (κ3) is 5.55. The van der Waals surface area contributed by atoms with Gasteiger partial charge in [0.15, 0.2) is 0 Å². The maximum absolute atomic E-state index is 13.1. The first kappa shape index (κ1) is 17.2. The van der Waals surface area contributed by atoms with Crippen LogP contribution >= 0.6 is 0 Å². The van der Waals surface area contributed by atoms with Crippen molar-refractivity contribution in [2.75, 3.05) is 52.5 Å². The maximum atomic E-state index is 13.1. The molecule has 0 N–H and O–H groups in total. The molecular formula is C17H27FN2O2. The zero-order valence-electron chi connectivity index (χ0n) is 13.6. The van der Waals surface area contributed by atoms with Gasteiger partial charge in [0.25, 0.3) is 0 Å². The summed E-state index contributed by atoms with van der Waals surface area (Å²) < 4.78 is 24.1. The highest BCUT2D eigenvalue weighted by atomic mass is 19.1. The van der Waals surface area contributed by atoms with Crippen LogP contribution in [0.4, 0.5) is 4.39 Å². The molecule has 1 saturated heterocycles. The fourth-order valence-electron chi connectivity index (χ4n) is 2.78. The number of piperazine rings is 1. The number of ether oxygens (including phenoxy) is 2. The highest BCUT2D eigenvalue weighted by molar-refractivity contribution is 5.22. The van der Waals surface area contributed by atoms with Crippen molar-refractivity contribution >= 4 is 0 Å². The van der Waals surface area contributed by atoms with Crippen LogP contribution in [0.1, 0.15) is 13.8 Å². The monoisotopic (exact) mass is 310 g/mol. The molecule has 1 heterocycles. The van der Waals surface area contributed by atoms with Crippen LogP contribution in [0.5, 0.6) is 5.75 Å². The van der Waals surface area contributed by atoms with Gasteiger partial charge in [-0.3, -0.25) is 9.80 Å². The number of benzene rings is 1. The van der Waals surface area contributed by atoms with Crippen LogP contribution in [0.25, 0.3) is 0 Å². The molecule has 1 atom stereocenters. The van der Waals surface area contributed by atoms with Gasteiger partial charge in [-0.05, 0) is 26.0 Å². The van der Waals surface area contributed by atoms with Crippen molar-refractivity contribution in [2.45, 2.75) is 19.9 Å². The van der Waals surface area contributed by atoms with E-state index in [0.717, 1.165) is 45.9 Å². The number of hydrogen-bond donors (Lipinski definition) is 0. The first-order chi connectivity index (χ1) is 10.7. The van der Waals surface area contributed by atoms with Crippen LogP contribution in [0, 0.1) is 5.82 Å². The number of rotatable bonds is 8. The van der Waals surface area contributed by atoms with Gasteiger partial charge in [0.05, 0.1) is 6.61 Å². The second-order valence-corrected chi connectivity index (χ2v) is 5.69. The minimum atomic E-state index is -0.256. The Labute approximate surface area is 132 Å². The summed E-state index contributed by atoms with van der Waals surface area (Å²) in [4.78, 5) is 4.88. The fourth-order valence-corrected chi connectivity index (χ4v) is 2.78. The van der Waals surface area contributed by atoms with E-state index in [1.807, 2.05) is 6.92 Å². The fraction of sp³-hybridized carbons (Fsp3) is 0.647. The molecule has 0 aliphatic carbocycles. The van der Waals surface area contributed by atoms with Crippen molar-refractivity contribution in [3.8, 4) is 5.75 Å². The van der Waals surface area contributed by atoms with E-state index in [1.165, 1.54) is 12.1 Å². The van der Waals surface area contributed by atoms with Crippen molar-refractivity contribution in [3.05, 3.63) is 30.1 Å². The van der Waals surface area contributed by atoms with Crippen molar-refractivity contribution < 1.29 is 13.9 Å². The smallest absolute Gasteiger partial charge is 0.126 e. The van der Waals surface area contributed by atoms with Gasteiger partial charge in [-0.2, -0.15) is 0 Å². The molecule has 1 aliphatic rings. The van der Waals surface area contributed by atoms with Gasteiger partial charge in [0.1, 0.15) is 18.2 Å². The first-order valence-corrected chi connectivity index (χ1v) is 8.11. The largest absolute Gasteiger partial charge is 0.492 e. The van der Waals surface area contributed by atoms with Gasteiger partial charge in [0.2, 0.25) is 0 Å². The van der Waals surface area contributed by atoms with E-state index in [9.17, 15) is 4.39 Å². The minimum Gasteiger partial charge on any atom is -0.492 e. The highest BCUT2D eigenvalue weighted by Gasteiger charge is 2.22. The van der Waals surface area contributed by atoms with Crippen molar-refractivity contribution in [3.63, 3.8) is 0 Å². The molecule has 0 aromatic heterocycles. The lowest BCUT2D eigenvalue weighted by atomic mass is 10.2. The Hall–Kier alpha value is -1.17. The molecular weight excluding hydrogens is 283 g/mol. The van der Waals surface area contributed by atoms with E-state index < -0.39 is 0 Å². The molecule has 0 unspecified atom stereocenters. The summed E-state index contributed by atoms with van der Waals surface area (Å²) in [5.41, 5.74) is 0. The molecule has 0 radical (unpaired) electrons. The normalized spacial score (nSPS) is 20.2. The van der Waals surface area contributed by atoms with Gasteiger partial charge in [-0.25, -0.2) is 4.39 Å². The number of hydrogen-bond acceptors (Lipinski definition) is 4. The average Bonchev–Trinajstić information content (AvgIpc) is 2.50. The molecule has 4 nitrogen and oxygen atoms in total. The van der Waals surface area contributed by atoms with Gasteiger partial charge in [0, 0.05) is 51.4 Å². The van der Waals surface area contributed by atoms with Crippen LogP contribution in [0.15, 0.2) is 24.3 Å². The summed E-state index contributed by atoms with van der Waals surface area (Å²) in [5, 5.41) is 0. The Morgan fingerprint density at radius 2 is 2.09 bits per heavy atom. The standard InChI is InChI=1S/C17H27FN2O2/c1-3-21-11-10-20-8-7-19(14-15(20)2)9-12-22-17-6-4-5-16(18)13-17/h4-6,13,15H,3,7-12,14H2,1-2H3/t15-/m1/s1.